The lowest BCUT2D eigenvalue weighted by molar-refractivity contribution is 0.709. The molecule has 0 amide bonds. The highest BCUT2D eigenvalue weighted by molar-refractivity contribution is 7.99. The van der Waals surface area contributed by atoms with Gasteiger partial charge in [-0.2, -0.15) is 16.9 Å². The number of thioether (sulfide) groups is 1. The fourth-order valence-electron chi connectivity index (χ4n) is 2.50. The van der Waals surface area contributed by atoms with Crippen LogP contribution in [0.1, 0.15) is 31.9 Å². The molecule has 4 nitrogen and oxygen atoms in total. The van der Waals surface area contributed by atoms with Gasteiger partial charge in [0.2, 0.25) is 0 Å². The summed E-state index contributed by atoms with van der Waals surface area (Å²) in [5.74, 6) is 2.19. The van der Waals surface area contributed by atoms with E-state index in [1.165, 1.54) is 25.0 Å². The van der Waals surface area contributed by atoms with Crippen molar-refractivity contribution >= 4 is 23.3 Å². The maximum atomic E-state index is 6.02. The van der Waals surface area contributed by atoms with E-state index in [2.05, 4.69) is 29.1 Å². The smallest absolute Gasteiger partial charge is 0.147 e. The van der Waals surface area contributed by atoms with Crippen molar-refractivity contribution in [3.63, 3.8) is 0 Å². The Morgan fingerprint density at radius 2 is 2.29 bits per heavy atom. The number of nitrogens with zero attached hydrogens (tertiary/aromatic N) is 2. The second-order valence-electron chi connectivity index (χ2n) is 4.70. The van der Waals surface area contributed by atoms with Gasteiger partial charge in [-0.15, -0.1) is 0 Å². The quantitative estimate of drug-likeness (QED) is 0.866. The summed E-state index contributed by atoms with van der Waals surface area (Å²) in [6, 6.07) is 0.552. The molecule has 96 valence electrons. The molecule has 2 unspecified atom stereocenters. The first-order chi connectivity index (χ1) is 8.11. The third-order valence-corrected chi connectivity index (χ3v) is 4.63. The largest absolute Gasteiger partial charge is 0.394 e. The van der Waals surface area contributed by atoms with E-state index in [1.807, 2.05) is 18.7 Å². The molecule has 2 atom stereocenters. The summed E-state index contributed by atoms with van der Waals surface area (Å²) in [6.45, 7) is 4.18. The van der Waals surface area contributed by atoms with Crippen molar-refractivity contribution < 1.29 is 0 Å². The molecule has 0 aromatic carbocycles. The lowest BCUT2D eigenvalue weighted by Gasteiger charge is -2.15. The number of aromatic nitrogens is 2. The third kappa shape index (κ3) is 2.70. The molecule has 0 radical (unpaired) electrons. The van der Waals surface area contributed by atoms with Gasteiger partial charge in [0.25, 0.3) is 0 Å². The van der Waals surface area contributed by atoms with Crippen LogP contribution in [0.15, 0.2) is 0 Å². The van der Waals surface area contributed by atoms with Crippen LogP contribution in [0, 0.1) is 6.92 Å². The van der Waals surface area contributed by atoms with Gasteiger partial charge in [0.1, 0.15) is 5.82 Å². The van der Waals surface area contributed by atoms with E-state index in [0.29, 0.717) is 6.04 Å². The van der Waals surface area contributed by atoms with E-state index in [9.17, 15) is 0 Å². The van der Waals surface area contributed by atoms with E-state index < -0.39 is 0 Å². The van der Waals surface area contributed by atoms with Crippen molar-refractivity contribution in [1.29, 1.82) is 0 Å². The summed E-state index contributed by atoms with van der Waals surface area (Å²) in [5, 5.41) is 8.69. The van der Waals surface area contributed by atoms with Crippen molar-refractivity contribution in [3.8, 4) is 0 Å². The molecular weight excluding hydrogens is 232 g/mol. The first kappa shape index (κ1) is 12.6. The molecule has 0 spiro atoms. The third-order valence-electron chi connectivity index (χ3n) is 3.40. The van der Waals surface area contributed by atoms with Crippen LogP contribution < -0.4 is 11.1 Å². The minimum absolute atomic E-state index is 0.552. The van der Waals surface area contributed by atoms with Crippen molar-refractivity contribution in [2.45, 2.75) is 44.4 Å². The number of rotatable bonds is 4. The lowest BCUT2D eigenvalue weighted by Crippen LogP contribution is -2.19. The van der Waals surface area contributed by atoms with Crippen LogP contribution in [0.25, 0.3) is 0 Å². The normalized spacial score (nSPS) is 24.2. The molecule has 2 rings (SSSR count). The van der Waals surface area contributed by atoms with Gasteiger partial charge in [0.15, 0.2) is 0 Å². The Balaban J connectivity index is 1.98. The van der Waals surface area contributed by atoms with Crippen LogP contribution >= 0.6 is 11.8 Å². The fraction of sp³-hybridized carbons (Fsp3) is 0.750. The average molecular weight is 254 g/mol. The molecule has 1 fully saturated rings. The van der Waals surface area contributed by atoms with Crippen molar-refractivity contribution in [1.82, 2.24) is 9.78 Å². The molecule has 0 aliphatic heterocycles. The molecule has 1 saturated carbocycles. The minimum atomic E-state index is 0.552. The molecule has 1 aliphatic rings. The average Bonchev–Trinajstić information content (AvgIpc) is 2.81. The molecule has 1 aliphatic carbocycles. The van der Waals surface area contributed by atoms with Gasteiger partial charge in [-0.1, -0.05) is 6.92 Å². The number of nitrogen functional groups attached to an aromatic ring is 1. The zero-order valence-electron chi connectivity index (χ0n) is 10.9. The summed E-state index contributed by atoms with van der Waals surface area (Å²) >= 11 is 2.07. The molecule has 0 bridgehead atoms. The Hall–Kier alpha value is -0.840. The first-order valence-corrected chi connectivity index (χ1v) is 7.34. The van der Waals surface area contributed by atoms with Crippen LogP contribution in [0.2, 0.25) is 0 Å². The van der Waals surface area contributed by atoms with Gasteiger partial charge >= 0.3 is 0 Å². The van der Waals surface area contributed by atoms with E-state index in [1.54, 1.807) is 0 Å². The Morgan fingerprint density at radius 1 is 1.53 bits per heavy atom. The van der Waals surface area contributed by atoms with Crippen molar-refractivity contribution in [2.75, 3.05) is 16.8 Å². The predicted octanol–water partition coefficient (Wildman–Crippen LogP) is 2.40. The first-order valence-electron chi connectivity index (χ1n) is 6.29. The standard InChI is InChI=1S/C12H22N4S/c1-4-17-10-6-5-9(7-10)14-12-11(13)8(2)15-16(12)3/h9-10,14H,4-7,13H2,1-3H3. The van der Waals surface area contributed by atoms with E-state index in [0.717, 1.165) is 22.4 Å². The minimum Gasteiger partial charge on any atom is -0.394 e. The molecule has 1 aromatic heterocycles. The summed E-state index contributed by atoms with van der Waals surface area (Å²) in [6.07, 6.45) is 3.79. The van der Waals surface area contributed by atoms with Crippen LogP contribution in [0.4, 0.5) is 11.5 Å². The van der Waals surface area contributed by atoms with E-state index >= 15 is 0 Å². The van der Waals surface area contributed by atoms with Crippen LogP contribution in [0.3, 0.4) is 0 Å². The van der Waals surface area contributed by atoms with Gasteiger partial charge in [-0.3, -0.25) is 4.68 Å². The maximum Gasteiger partial charge on any atom is 0.147 e. The Labute approximate surface area is 107 Å². The van der Waals surface area contributed by atoms with Crippen molar-refractivity contribution in [2.24, 2.45) is 7.05 Å². The summed E-state index contributed by atoms with van der Waals surface area (Å²) < 4.78 is 1.85. The molecule has 1 heterocycles. The Bertz CT molecular complexity index is 388. The highest BCUT2D eigenvalue weighted by atomic mass is 32.2. The SMILES string of the molecule is CCSC1CCC(Nc2c(N)c(C)nn2C)C1. The number of nitrogens with two attached hydrogens (primary N) is 1. The number of nitrogens with one attached hydrogen (secondary N) is 1. The molecule has 0 saturated heterocycles. The van der Waals surface area contributed by atoms with Crippen LogP contribution in [-0.4, -0.2) is 26.8 Å². The van der Waals surface area contributed by atoms with E-state index in [-0.39, 0.29) is 0 Å². The zero-order chi connectivity index (χ0) is 12.4. The van der Waals surface area contributed by atoms with Gasteiger partial charge in [0.05, 0.1) is 11.4 Å². The van der Waals surface area contributed by atoms with Gasteiger partial charge in [0, 0.05) is 18.3 Å². The Kier molecular flexibility index (Phi) is 3.86. The summed E-state index contributed by atoms with van der Waals surface area (Å²) in [4.78, 5) is 0. The van der Waals surface area contributed by atoms with Gasteiger partial charge < -0.3 is 11.1 Å². The fourth-order valence-corrected chi connectivity index (χ4v) is 3.64. The van der Waals surface area contributed by atoms with Crippen molar-refractivity contribution in [3.05, 3.63) is 5.69 Å². The lowest BCUT2D eigenvalue weighted by atomic mass is 10.2. The Morgan fingerprint density at radius 3 is 2.88 bits per heavy atom. The van der Waals surface area contributed by atoms with E-state index in [4.69, 9.17) is 5.73 Å². The number of aryl methyl sites for hydroxylation is 2. The van der Waals surface area contributed by atoms with Gasteiger partial charge in [-0.25, -0.2) is 0 Å². The molecule has 5 heteroatoms. The molecule has 1 aromatic rings. The zero-order valence-corrected chi connectivity index (χ0v) is 11.7. The van der Waals surface area contributed by atoms with Gasteiger partial charge in [-0.05, 0) is 31.9 Å². The van der Waals surface area contributed by atoms with Crippen LogP contribution in [0.5, 0.6) is 0 Å². The molecule has 17 heavy (non-hydrogen) atoms. The molecular formula is C12H22N4S. The topological polar surface area (TPSA) is 55.9 Å². The monoisotopic (exact) mass is 254 g/mol. The predicted molar refractivity (Wildman–Crippen MR) is 75.5 cm³/mol. The second-order valence-corrected chi connectivity index (χ2v) is 6.28. The summed E-state index contributed by atoms with van der Waals surface area (Å²) in [5.41, 5.74) is 7.72. The van der Waals surface area contributed by atoms with Crippen LogP contribution in [-0.2, 0) is 7.05 Å². The maximum absolute atomic E-state index is 6.02. The second kappa shape index (κ2) is 5.21. The summed E-state index contributed by atoms with van der Waals surface area (Å²) in [7, 11) is 1.94. The number of hydrogen-bond acceptors (Lipinski definition) is 4. The number of anilines is 2. The highest BCUT2D eigenvalue weighted by Gasteiger charge is 2.25. The highest BCUT2D eigenvalue weighted by Crippen LogP contribution is 2.32. The number of hydrogen-bond donors (Lipinski definition) is 2. The molecule has 3 N–H and O–H groups in total.